The Bertz CT molecular complexity index is 1090. The van der Waals surface area contributed by atoms with Gasteiger partial charge in [-0.05, 0) is 23.8 Å². The first kappa shape index (κ1) is 18.7. The van der Waals surface area contributed by atoms with Gasteiger partial charge in [0, 0.05) is 24.4 Å². The SMILES string of the molecule is CNc1ncnc2c1C(=O)N(c1ccc(-c3cc(F)c(F)cc3F)cc1)CCO2. The number of rotatable bonds is 3. The van der Waals surface area contributed by atoms with Gasteiger partial charge in [-0.2, -0.15) is 0 Å². The highest BCUT2D eigenvalue weighted by Crippen LogP contribution is 2.31. The summed E-state index contributed by atoms with van der Waals surface area (Å²) in [6.45, 7) is 0.482. The Kier molecular flexibility index (Phi) is 4.79. The van der Waals surface area contributed by atoms with E-state index in [-0.39, 0.29) is 36.1 Å². The summed E-state index contributed by atoms with van der Waals surface area (Å²) in [5.74, 6) is -3.08. The largest absolute Gasteiger partial charge is 0.475 e. The van der Waals surface area contributed by atoms with Crippen LogP contribution in [0.2, 0.25) is 0 Å². The molecular formula is C20H15F3N4O2. The van der Waals surface area contributed by atoms with E-state index in [1.165, 1.54) is 23.4 Å². The van der Waals surface area contributed by atoms with Crippen molar-refractivity contribution in [2.75, 3.05) is 30.4 Å². The number of nitrogens with zero attached hydrogens (tertiary/aromatic N) is 3. The summed E-state index contributed by atoms with van der Waals surface area (Å²) in [7, 11) is 1.64. The standard InChI is InChI=1S/C20H15F3N4O2/c1-24-18-17-19(26-10-25-18)29-7-6-27(20(17)28)12-4-2-11(3-5-12)13-8-15(22)16(23)9-14(13)21/h2-5,8-10H,6-7H2,1H3,(H,24,25,26). The Morgan fingerprint density at radius 1 is 1.03 bits per heavy atom. The van der Waals surface area contributed by atoms with Crippen LogP contribution in [0.3, 0.4) is 0 Å². The number of benzene rings is 2. The molecule has 9 heteroatoms. The molecule has 148 valence electrons. The van der Waals surface area contributed by atoms with Crippen LogP contribution in [0.5, 0.6) is 5.88 Å². The summed E-state index contributed by atoms with van der Waals surface area (Å²) in [6.07, 6.45) is 1.30. The van der Waals surface area contributed by atoms with Crippen LogP contribution in [0.15, 0.2) is 42.7 Å². The van der Waals surface area contributed by atoms with Crippen LogP contribution in [0.1, 0.15) is 10.4 Å². The summed E-state index contributed by atoms with van der Waals surface area (Å²) in [4.78, 5) is 22.6. The molecule has 6 nitrogen and oxygen atoms in total. The van der Waals surface area contributed by atoms with E-state index in [0.29, 0.717) is 23.1 Å². The minimum Gasteiger partial charge on any atom is -0.475 e. The molecule has 2 heterocycles. The predicted molar refractivity (Wildman–Crippen MR) is 101 cm³/mol. The smallest absolute Gasteiger partial charge is 0.267 e. The third-order valence-electron chi connectivity index (χ3n) is 4.56. The average Bonchev–Trinajstić information content (AvgIpc) is 2.90. The zero-order chi connectivity index (χ0) is 20.5. The minimum absolute atomic E-state index is 0.0720. The molecule has 0 bridgehead atoms. The summed E-state index contributed by atoms with van der Waals surface area (Å²) in [5, 5.41) is 2.85. The molecule has 1 aromatic heterocycles. The number of amides is 1. The van der Waals surface area contributed by atoms with E-state index in [4.69, 9.17) is 4.74 Å². The second kappa shape index (κ2) is 7.42. The molecule has 1 aliphatic heterocycles. The molecule has 2 aromatic carbocycles. The molecule has 1 amide bonds. The fourth-order valence-corrected chi connectivity index (χ4v) is 3.14. The molecule has 4 rings (SSSR count). The summed E-state index contributed by atoms with van der Waals surface area (Å²) < 4.78 is 46.3. The Labute approximate surface area is 164 Å². The number of halogens is 3. The van der Waals surface area contributed by atoms with Gasteiger partial charge in [0.25, 0.3) is 5.91 Å². The van der Waals surface area contributed by atoms with Crippen molar-refractivity contribution in [1.82, 2.24) is 9.97 Å². The summed E-state index contributed by atoms with van der Waals surface area (Å²) >= 11 is 0. The molecule has 0 spiro atoms. The topological polar surface area (TPSA) is 67.4 Å². The maximum atomic E-state index is 14.0. The number of nitrogens with one attached hydrogen (secondary N) is 1. The third-order valence-corrected chi connectivity index (χ3v) is 4.56. The van der Waals surface area contributed by atoms with Crippen molar-refractivity contribution in [3.8, 4) is 17.0 Å². The van der Waals surface area contributed by atoms with Crippen LogP contribution in [0.25, 0.3) is 11.1 Å². The van der Waals surface area contributed by atoms with E-state index < -0.39 is 17.5 Å². The fourth-order valence-electron chi connectivity index (χ4n) is 3.14. The van der Waals surface area contributed by atoms with Gasteiger partial charge >= 0.3 is 0 Å². The number of hydrogen-bond donors (Lipinski definition) is 1. The highest BCUT2D eigenvalue weighted by atomic mass is 19.2. The van der Waals surface area contributed by atoms with Crippen LogP contribution in [-0.2, 0) is 0 Å². The molecule has 0 aliphatic carbocycles. The lowest BCUT2D eigenvalue weighted by molar-refractivity contribution is 0.0990. The highest BCUT2D eigenvalue weighted by Gasteiger charge is 2.29. The molecule has 0 saturated carbocycles. The van der Waals surface area contributed by atoms with Crippen molar-refractivity contribution in [3.05, 3.63) is 65.7 Å². The molecule has 0 saturated heterocycles. The van der Waals surface area contributed by atoms with Gasteiger partial charge in [0.2, 0.25) is 5.88 Å². The van der Waals surface area contributed by atoms with Crippen LogP contribution < -0.4 is 15.0 Å². The molecule has 1 N–H and O–H groups in total. The molecule has 0 radical (unpaired) electrons. The normalized spacial score (nSPS) is 13.5. The van der Waals surface area contributed by atoms with E-state index >= 15 is 0 Å². The molecular weight excluding hydrogens is 385 g/mol. The maximum Gasteiger partial charge on any atom is 0.267 e. The van der Waals surface area contributed by atoms with Gasteiger partial charge < -0.3 is 15.0 Å². The van der Waals surface area contributed by atoms with Crippen molar-refractivity contribution in [2.45, 2.75) is 0 Å². The first-order valence-corrected chi connectivity index (χ1v) is 8.72. The van der Waals surface area contributed by atoms with Crippen LogP contribution in [-0.4, -0.2) is 36.1 Å². The van der Waals surface area contributed by atoms with Crippen molar-refractivity contribution >= 4 is 17.4 Å². The van der Waals surface area contributed by atoms with Crippen LogP contribution >= 0.6 is 0 Å². The Balaban J connectivity index is 1.69. The average molecular weight is 400 g/mol. The number of carbonyl (C=O) groups is 1. The maximum absolute atomic E-state index is 14.0. The second-order valence-electron chi connectivity index (χ2n) is 6.25. The monoisotopic (exact) mass is 400 g/mol. The number of aromatic nitrogens is 2. The van der Waals surface area contributed by atoms with Crippen molar-refractivity contribution in [1.29, 1.82) is 0 Å². The number of ether oxygens (including phenoxy) is 1. The van der Waals surface area contributed by atoms with Gasteiger partial charge in [-0.15, -0.1) is 0 Å². The first-order chi connectivity index (χ1) is 14.0. The van der Waals surface area contributed by atoms with Gasteiger partial charge in [0.1, 0.15) is 30.1 Å². The Hall–Kier alpha value is -3.62. The summed E-state index contributed by atoms with van der Waals surface area (Å²) in [5.41, 5.74) is 1.02. The first-order valence-electron chi connectivity index (χ1n) is 8.72. The number of fused-ring (bicyclic) bond motifs is 1. The van der Waals surface area contributed by atoms with E-state index in [2.05, 4.69) is 15.3 Å². The molecule has 0 fully saturated rings. The van der Waals surface area contributed by atoms with Crippen molar-refractivity contribution in [3.63, 3.8) is 0 Å². The number of hydrogen-bond acceptors (Lipinski definition) is 5. The Morgan fingerprint density at radius 3 is 2.48 bits per heavy atom. The number of anilines is 2. The lowest BCUT2D eigenvalue weighted by atomic mass is 10.0. The zero-order valence-electron chi connectivity index (χ0n) is 15.2. The van der Waals surface area contributed by atoms with Gasteiger partial charge in [0.05, 0.1) is 6.54 Å². The lowest BCUT2D eigenvalue weighted by Crippen LogP contribution is -2.32. The van der Waals surface area contributed by atoms with E-state index in [1.807, 2.05) is 0 Å². The lowest BCUT2D eigenvalue weighted by Gasteiger charge is -2.21. The van der Waals surface area contributed by atoms with Gasteiger partial charge in [-0.1, -0.05) is 12.1 Å². The molecule has 0 atom stereocenters. The predicted octanol–water partition coefficient (Wildman–Crippen LogP) is 3.64. The van der Waals surface area contributed by atoms with Crippen molar-refractivity contribution < 1.29 is 22.7 Å². The van der Waals surface area contributed by atoms with Crippen molar-refractivity contribution in [2.24, 2.45) is 0 Å². The van der Waals surface area contributed by atoms with Gasteiger partial charge in [-0.3, -0.25) is 4.79 Å². The van der Waals surface area contributed by atoms with E-state index in [0.717, 1.165) is 6.07 Å². The molecule has 0 unspecified atom stereocenters. The molecule has 1 aliphatic rings. The van der Waals surface area contributed by atoms with Crippen LogP contribution in [0.4, 0.5) is 24.7 Å². The summed E-state index contributed by atoms with van der Waals surface area (Å²) in [6, 6.07) is 7.57. The zero-order valence-corrected chi connectivity index (χ0v) is 15.2. The highest BCUT2D eigenvalue weighted by molar-refractivity contribution is 6.11. The fraction of sp³-hybridized carbons (Fsp3) is 0.150. The quantitative estimate of drug-likeness (QED) is 0.680. The molecule has 3 aromatic rings. The van der Waals surface area contributed by atoms with Gasteiger partial charge in [0.15, 0.2) is 11.6 Å². The Morgan fingerprint density at radius 2 is 1.76 bits per heavy atom. The molecule has 29 heavy (non-hydrogen) atoms. The van der Waals surface area contributed by atoms with E-state index in [1.54, 1.807) is 19.2 Å². The van der Waals surface area contributed by atoms with E-state index in [9.17, 15) is 18.0 Å². The number of carbonyl (C=O) groups excluding carboxylic acids is 1. The van der Waals surface area contributed by atoms with Gasteiger partial charge in [-0.25, -0.2) is 23.1 Å². The minimum atomic E-state index is -1.25. The van der Waals surface area contributed by atoms with Crippen LogP contribution in [0, 0.1) is 17.5 Å². The third kappa shape index (κ3) is 3.35. The second-order valence-corrected chi connectivity index (χ2v) is 6.25.